The molecule has 3 aliphatic rings. The van der Waals surface area contributed by atoms with E-state index in [9.17, 15) is 4.79 Å². The van der Waals surface area contributed by atoms with Crippen molar-refractivity contribution >= 4 is 29.5 Å². The summed E-state index contributed by atoms with van der Waals surface area (Å²) in [6.07, 6.45) is 4.02. The van der Waals surface area contributed by atoms with Crippen LogP contribution in [0.1, 0.15) is 23.3 Å². The molecule has 1 atom stereocenters. The molecule has 5 heterocycles. The van der Waals surface area contributed by atoms with Gasteiger partial charge in [0.15, 0.2) is 5.09 Å². The number of fused-ring (bicyclic) bond motifs is 4. The van der Waals surface area contributed by atoms with Gasteiger partial charge in [-0.15, -0.1) is 12.6 Å². The number of piperidine rings is 3. The van der Waals surface area contributed by atoms with Crippen LogP contribution in [0.25, 0.3) is 11.0 Å². The van der Waals surface area contributed by atoms with Crippen molar-refractivity contribution in [3.8, 4) is 0 Å². The SMILES string of the molecule is O=C(NC1CN2CCC1CC2)c1cc2oc(S)cc2cn1. The van der Waals surface area contributed by atoms with Crippen LogP contribution in [-0.2, 0) is 0 Å². The molecular weight excluding hydrogens is 286 g/mol. The van der Waals surface area contributed by atoms with Crippen LogP contribution in [0.5, 0.6) is 0 Å². The third-order valence-electron chi connectivity index (χ3n) is 4.59. The highest BCUT2D eigenvalue weighted by Crippen LogP contribution is 2.28. The lowest BCUT2D eigenvalue weighted by molar-refractivity contribution is 0.0618. The first kappa shape index (κ1) is 13.2. The Bertz CT molecular complexity index is 691. The monoisotopic (exact) mass is 303 g/mol. The fraction of sp³-hybridized carbons (Fsp3) is 0.467. The molecule has 1 N–H and O–H groups in total. The van der Waals surface area contributed by atoms with Crippen LogP contribution in [0.4, 0.5) is 0 Å². The Balaban J connectivity index is 1.53. The van der Waals surface area contributed by atoms with Crippen LogP contribution in [0, 0.1) is 5.92 Å². The average molecular weight is 303 g/mol. The zero-order valence-corrected chi connectivity index (χ0v) is 12.5. The minimum absolute atomic E-state index is 0.118. The van der Waals surface area contributed by atoms with Crippen LogP contribution in [0.2, 0.25) is 0 Å². The molecule has 1 amide bonds. The van der Waals surface area contributed by atoms with Crippen LogP contribution < -0.4 is 5.32 Å². The number of hydrogen-bond acceptors (Lipinski definition) is 5. The van der Waals surface area contributed by atoms with Gasteiger partial charge in [0.05, 0.1) is 0 Å². The first-order valence-electron chi connectivity index (χ1n) is 7.31. The number of thiol groups is 1. The van der Waals surface area contributed by atoms with E-state index in [2.05, 4.69) is 27.8 Å². The standard InChI is InChI=1S/C15H17N3O2S/c19-15(17-12-8-18-3-1-9(12)2-4-18)11-6-13-10(7-16-11)5-14(21)20-13/h5-7,9,12,21H,1-4,8H2,(H,17,19). The van der Waals surface area contributed by atoms with Crippen molar-refractivity contribution in [2.24, 2.45) is 5.92 Å². The van der Waals surface area contributed by atoms with Gasteiger partial charge in [-0.05, 0) is 37.9 Å². The number of hydrogen-bond donors (Lipinski definition) is 2. The lowest BCUT2D eigenvalue weighted by Gasteiger charge is -2.44. The zero-order valence-electron chi connectivity index (χ0n) is 11.6. The summed E-state index contributed by atoms with van der Waals surface area (Å²) in [4.78, 5) is 19.0. The van der Waals surface area contributed by atoms with Crippen molar-refractivity contribution in [2.75, 3.05) is 19.6 Å². The molecule has 6 heteroatoms. The Morgan fingerprint density at radius 2 is 2.19 bits per heavy atom. The van der Waals surface area contributed by atoms with Crippen LogP contribution in [0.15, 0.2) is 27.8 Å². The summed E-state index contributed by atoms with van der Waals surface area (Å²) in [7, 11) is 0. The first-order valence-corrected chi connectivity index (χ1v) is 7.75. The Morgan fingerprint density at radius 1 is 1.38 bits per heavy atom. The van der Waals surface area contributed by atoms with E-state index in [0.717, 1.165) is 11.9 Å². The molecule has 5 rings (SSSR count). The predicted octanol–water partition coefficient (Wildman–Crippen LogP) is 1.94. The molecule has 3 aliphatic heterocycles. The van der Waals surface area contributed by atoms with E-state index in [-0.39, 0.29) is 11.9 Å². The van der Waals surface area contributed by atoms with Gasteiger partial charge in [0.2, 0.25) is 0 Å². The number of nitrogens with zero attached hydrogens (tertiary/aromatic N) is 2. The summed E-state index contributed by atoms with van der Waals surface area (Å²) in [6, 6.07) is 3.72. The number of furan rings is 1. The normalized spacial score (nSPS) is 28.0. The Morgan fingerprint density at radius 3 is 2.90 bits per heavy atom. The van der Waals surface area contributed by atoms with Gasteiger partial charge in [-0.2, -0.15) is 0 Å². The summed E-state index contributed by atoms with van der Waals surface area (Å²) >= 11 is 4.16. The van der Waals surface area contributed by atoms with Crippen molar-refractivity contribution in [3.63, 3.8) is 0 Å². The van der Waals surface area contributed by atoms with Gasteiger partial charge in [-0.25, -0.2) is 0 Å². The third-order valence-corrected chi connectivity index (χ3v) is 4.81. The second kappa shape index (κ2) is 5.03. The summed E-state index contributed by atoms with van der Waals surface area (Å²) in [5.74, 6) is 0.489. The average Bonchev–Trinajstić information content (AvgIpc) is 2.87. The number of amides is 1. The maximum Gasteiger partial charge on any atom is 0.270 e. The minimum Gasteiger partial charge on any atom is -0.450 e. The van der Waals surface area contributed by atoms with E-state index in [1.54, 1.807) is 18.3 Å². The van der Waals surface area contributed by atoms with Crippen molar-refractivity contribution in [3.05, 3.63) is 24.0 Å². The molecule has 0 spiro atoms. The molecule has 2 bridgehead atoms. The third kappa shape index (κ3) is 2.42. The van der Waals surface area contributed by atoms with E-state index >= 15 is 0 Å². The second-order valence-corrected chi connectivity index (χ2v) is 6.35. The van der Waals surface area contributed by atoms with Crippen LogP contribution in [0.3, 0.4) is 0 Å². The van der Waals surface area contributed by atoms with Gasteiger partial charge in [-0.3, -0.25) is 9.78 Å². The smallest absolute Gasteiger partial charge is 0.270 e. The number of carbonyl (C=O) groups is 1. The number of nitrogens with one attached hydrogen (secondary N) is 1. The molecule has 1 unspecified atom stereocenters. The second-order valence-electron chi connectivity index (χ2n) is 5.91. The lowest BCUT2D eigenvalue weighted by atomic mass is 9.84. The largest absolute Gasteiger partial charge is 0.450 e. The molecule has 3 saturated heterocycles. The lowest BCUT2D eigenvalue weighted by Crippen LogP contribution is -2.57. The Kier molecular flexibility index (Phi) is 3.15. The predicted molar refractivity (Wildman–Crippen MR) is 81.7 cm³/mol. The summed E-state index contributed by atoms with van der Waals surface area (Å²) in [5, 5.41) is 4.52. The quantitative estimate of drug-likeness (QED) is 0.833. The highest BCUT2D eigenvalue weighted by atomic mass is 32.1. The summed E-state index contributed by atoms with van der Waals surface area (Å²) in [6.45, 7) is 3.29. The summed E-state index contributed by atoms with van der Waals surface area (Å²) < 4.78 is 5.43. The Hall–Kier alpha value is -1.53. The molecule has 2 aromatic heterocycles. The minimum atomic E-state index is -0.118. The van der Waals surface area contributed by atoms with E-state index in [0.29, 0.717) is 22.3 Å². The van der Waals surface area contributed by atoms with Gasteiger partial charge < -0.3 is 14.6 Å². The molecule has 110 valence electrons. The topological polar surface area (TPSA) is 58.4 Å². The van der Waals surface area contributed by atoms with E-state index in [4.69, 9.17) is 4.42 Å². The van der Waals surface area contributed by atoms with Crippen molar-refractivity contribution < 1.29 is 9.21 Å². The highest BCUT2D eigenvalue weighted by molar-refractivity contribution is 7.80. The van der Waals surface area contributed by atoms with E-state index in [1.807, 2.05) is 0 Å². The van der Waals surface area contributed by atoms with E-state index < -0.39 is 0 Å². The molecular formula is C15H17N3O2S. The molecule has 0 radical (unpaired) electrons. The summed E-state index contributed by atoms with van der Waals surface area (Å²) in [5.41, 5.74) is 1.05. The number of pyridine rings is 1. The number of aromatic nitrogens is 1. The maximum absolute atomic E-state index is 12.4. The van der Waals surface area contributed by atoms with Crippen molar-refractivity contribution in [1.82, 2.24) is 15.2 Å². The van der Waals surface area contributed by atoms with Gasteiger partial charge in [0, 0.05) is 30.2 Å². The maximum atomic E-state index is 12.4. The fourth-order valence-electron chi connectivity index (χ4n) is 3.41. The van der Waals surface area contributed by atoms with Gasteiger partial charge >= 0.3 is 0 Å². The molecule has 21 heavy (non-hydrogen) atoms. The number of carbonyl (C=O) groups excluding carboxylic acids is 1. The van der Waals surface area contributed by atoms with Gasteiger partial charge in [0.25, 0.3) is 5.91 Å². The van der Waals surface area contributed by atoms with Crippen LogP contribution in [-0.4, -0.2) is 41.5 Å². The molecule has 2 aromatic rings. The molecule has 0 aliphatic carbocycles. The van der Waals surface area contributed by atoms with Crippen molar-refractivity contribution in [1.29, 1.82) is 0 Å². The zero-order chi connectivity index (χ0) is 14.4. The van der Waals surface area contributed by atoms with Crippen molar-refractivity contribution in [2.45, 2.75) is 24.0 Å². The first-order chi connectivity index (χ1) is 10.2. The molecule has 3 fully saturated rings. The van der Waals surface area contributed by atoms with E-state index in [1.165, 1.54) is 25.9 Å². The number of rotatable bonds is 2. The highest BCUT2D eigenvalue weighted by Gasteiger charge is 2.35. The Labute approximate surface area is 128 Å². The molecule has 0 aromatic carbocycles. The molecule has 0 saturated carbocycles. The van der Waals surface area contributed by atoms with Gasteiger partial charge in [0.1, 0.15) is 11.3 Å². The molecule has 5 nitrogen and oxygen atoms in total. The van der Waals surface area contributed by atoms with Gasteiger partial charge in [-0.1, -0.05) is 0 Å². The fourth-order valence-corrected chi connectivity index (χ4v) is 3.65. The van der Waals surface area contributed by atoms with Crippen LogP contribution >= 0.6 is 12.6 Å².